The molecule has 0 unspecified atom stereocenters. The minimum absolute atomic E-state index is 0.266. The van der Waals surface area contributed by atoms with Gasteiger partial charge in [-0.1, -0.05) is 0 Å². The minimum atomic E-state index is -4.80. The van der Waals surface area contributed by atoms with Crippen LogP contribution in [0.5, 0.6) is 11.5 Å². The van der Waals surface area contributed by atoms with E-state index in [1.165, 1.54) is 30.3 Å². The number of halogens is 6. The zero-order chi connectivity index (χ0) is 23.8. The molecule has 0 aliphatic heterocycles. The fraction of sp³-hybridized carbons (Fsp3) is 0.0952. The predicted molar refractivity (Wildman–Crippen MR) is 109 cm³/mol. The second kappa shape index (κ2) is 8.35. The van der Waals surface area contributed by atoms with Gasteiger partial charge in [0.15, 0.2) is 0 Å². The maximum atomic E-state index is 13.1. The molecule has 0 spiro atoms. The lowest BCUT2D eigenvalue weighted by atomic mass is 10.1. The van der Waals surface area contributed by atoms with Gasteiger partial charge in [-0.2, -0.15) is 18.3 Å². The number of nitrogens with zero attached hydrogens (tertiary/aromatic N) is 3. The summed E-state index contributed by atoms with van der Waals surface area (Å²) < 4.78 is 80.9. The second-order valence-corrected chi connectivity index (χ2v) is 7.67. The van der Waals surface area contributed by atoms with Crippen molar-refractivity contribution in [1.29, 1.82) is 0 Å². The SMILES string of the molecule is Oc1ccc(N=Nc2ccc(-c3nc4ccc(OC(F)(F)F)cc4s3)cc2)c(C(F)(F)F)c1. The average molecular weight is 483 g/mol. The molecular formula is C21H11F6N3O2S. The highest BCUT2D eigenvalue weighted by Crippen LogP contribution is 2.39. The lowest BCUT2D eigenvalue weighted by Gasteiger charge is -2.09. The standard InChI is InChI=1S/C21H11F6N3O2S/c22-20(23,24)15-9-13(31)5-7-16(15)30-29-12-3-1-11(2-4-12)19-28-17-8-6-14(10-18(17)33-19)32-21(25,26)27/h1-10,31H. The molecule has 0 aliphatic carbocycles. The highest BCUT2D eigenvalue weighted by Gasteiger charge is 2.34. The second-order valence-electron chi connectivity index (χ2n) is 6.64. The smallest absolute Gasteiger partial charge is 0.508 e. The van der Waals surface area contributed by atoms with Gasteiger partial charge in [0.05, 0.1) is 27.2 Å². The molecule has 0 atom stereocenters. The molecule has 170 valence electrons. The molecule has 33 heavy (non-hydrogen) atoms. The number of rotatable bonds is 4. The zero-order valence-corrected chi connectivity index (χ0v) is 17.0. The van der Waals surface area contributed by atoms with Gasteiger partial charge in [0.2, 0.25) is 0 Å². The number of hydrogen-bond acceptors (Lipinski definition) is 6. The molecule has 0 fully saturated rings. The average Bonchev–Trinajstić information content (AvgIpc) is 3.15. The monoisotopic (exact) mass is 483 g/mol. The van der Waals surface area contributed by atoms with Crippen LogP contribution < -0.4 is 4.74 Å². The summed E-state index contributed by atoms with van der Waals surface area (Å²) in [6, 6.07) is 12.7. The Morgan fingerprint density at radius 2 is 1.58 bits per heavy atom. The summed E-state index contributed by atoms with van der Waals surface area (Å²) in [5.41, 5.74) is -0.185. The number of phenolic OH excluding ortho intramolecular Hbond substituents is 1. The van der Waals surface area contributed by atoms with E-state index in [2.05, 4.69) is 19.9 Å². The van der Waals surface area contributed by atoms with E-state index >= 15 is 0 Å². The Bertz CT molecular complexity index is 1330. The Labute approximate surface area is 185 Å². The number of benzene rings is 3. The van der Waals surface area contributed by atoms with Gasteiger partial charge in [-0.25, -0.2) is 4.98 Å². The summed E-state index contributed by atoms with van der Waals surface area (Å²) in [6.07, 6.45) is -9.51. The van der Waals surface area contributed by atoms with E-state index in [0.717, 1.165) is 23.5 Å². The Morgan fingerprint density at radius 1 is 0.848 bits per heavy atom. The first-order valence-electron chi connectivity index (χ1n) is 9.07. The summed E-state index contributed by atoms with van der Waals surface area (Å²) in [4.78, 5) is 4.37. The molecule has 1 aromatic heterocycles. The number of aromatic hydroxyl groups is 1. The molecule has 0 aliphatic rings. The van der Waals surface area contributed by atoms with Gasteiger partial charge < -0.3 is 9.84 Å². The van der Waals surface area contributed by atoms with E-state index in [9.17, 15) is 31.4 Å². The van der Waals surface area contributed by atoms with E-state index in [-0.39, 0.29) is 11.4 Å². The number of aromatic nitrogens is 1. The van der Waals surface area contributed by atoms with E-state index in [1.807, 2.05) is 0 Å². The van der Waals surface area contributed by atoms with Gasteiger partial charge >= 0.3 is 12.5 Å². The molecule has 0 saturated heterocycles. The van der Waals surface area contributed by atoms with Gasteiger partial charge in [-0.05, 0) is 60.7 Å². The molecule has 0 radical (unpaired) electrons. The summed E-state index contributed by atoms with van der Waals surface area (Å²) in [5, 5.41) is 17.3. The van der Waals surface area contributed by atoms with Crippen molar-refractivity contribution in [3.05, 3.63) is 66.2 Å². The molecule has 0 saturated carbocycles. The highest BCUT2D eigenvalue weighted by molar-refractivity contribution is 7.21. The molecule has 4 rings (SSSR count). The lowest BCUT2D eigenvalue weighted by Crippen LogP contribution is -2.16. The van der Waals surface area contributed by atoms with Crippen LogP contribution in [0.15, 0.2) is 70.9 Å². The van der Waals surface area contributed by atoms with Crippen LogP contribution in [0.2, 0.25) is 0 Å². The molecule has 0 bridgehead atoms. The summed E-state index contributed by atoms with van der Waals surface area (Å²) in [7, 11) is 0. The Balaban J connectivity index is 1.56. The van der Waals surface area contributed by atoms with Crippen molar-refractivity contribution < 1.29 is 36.2 Å². The van der Waals surface area contributed by atoms with E-state index in [1.54, 1.807) is 12.1 Å². The fourth-order valence-corrected chi connectivity index (χ4v) is 3.85. The van der Waals surface area contributed by atoms with Crippen molar-refractivity contribution in [3.63, 3.8) is 0 Å². The zero-order valence-electron chi connectivity index (χ0n) is 16.1. The first-order valence-corrected chi connectivity index (χ1v) is 9.88. The number of thiazole rings is 1. The van der Waals surface area contributed by atoms with Crippen molar-refractivity contribution in [2.45, 2.75) is 12.5 Å². The molecule has 0 amide bonds. The minimum Gasteiger partial charge on any atom is -0.508 e. The van der Waals surface area contributed by atoms with E-state index < -0.39 is 29.5 Å². The number of ether oxygens (including phenoxy) is 1. The summed E-state index contributed by atoms with van der Waals surface area (Å²) >= 11 is 1.15. The van der Waals surface area contributed by atoms with Gasteiger partial charge in [-0.3, -0.25) is 0 Å². The summed E-state index contributed by atoms with van der Waals surface area (Å²) in [5.74, 6) is -0.896. The molecule has 1 heterocycles. The maximum absolute atomic E-state index is 13.1. The van der Waals surface area contributed by atoms with Crippen LogP contribution >= 0.6 is 11.3 Å². The van der Waals surface area contributed by atoms with Crippen molar-refractivity contribution in [2.24, 2.45) is 10.2 Å². The Hall–Kier alpha value is -3.67. The van der Waals surface area contributed by atoms with E-state index in [0.29, 0.717) is 26.9 Å². The first kappa shape index (κ1) is 22.5. The fourth-order valence-electron chi connectivity index (χ4n) is 2.85. The van der Waals surface area contributed by atoms with Gasteiger partial charge in [0.25, 0.3) is 0 Å². The number of alkyl halides is 6. The lowest BCUT2D eigenvalue weighted by molar-refractivity contribution is -0.274. The molecule has 3 aromatic carbocycles. The summed E-state index contributed by atoms with van der Waals surface area (Å²) in [6.45, 7) is 0. The van der Waals surface area contributed by atoms with Gasteiger partial charge in [0, 0.05) is 5.56 Å². The molecular weight excluding hydrogens is 472 g/mol. The third-order valence-corrected chi connectivity index (χ3v) is 5.33. The van der Waals surface area contributed by atoms with Crippen molar-refractivity contribution in [3.8, 4) is 22.1 Å². The van der Waals surface area contributed by atoms with Crippen LogP contribution in [-0.2, 0) is 6.18 Å². The quantitative estimate of drug-likeness (QED) is 0.236. The van der Waals surface area contributed by atoms with Crippen LogP contribution in [0.3, 0.4) is 0 Å². The normalized spacial score (nSPS) is 12.5. The van der Waals surface area contributed by atoms with Crippen LogP contribution in [0.1, 0.15) is 5.56 Å². The molecule has 1 N–H and O–H groups in total. The van der Waals surface area contributed by atoms with Crippen LogP contribution in [0.4, 0.5) is 37.7 Å². The third kappa shape index (κ3) is 5.40. The van der Waals surface area contributed by atoms with Crippen LogP contribution in [0.25, 0.3) is 20.8 Å². The molecule has 12 heteroatoms. The molecule has 5 nitrogen and oxygen atoms in total. The largest absolute Gasteiger partial charge is 0.573 e. The number of hydrogen-bond donors (Lipinski definition) is 1. The molecule has 4 aromatic rings. The Morgan fingerprint density at radius 3 is 2.24 bits per heavy atom. The van der Waals surface area contributed by atoms with Gasteiger partial charge in [0.1, 0.15) is 16.5 Å². The van der Waals surface area contributed by atoms with Crippen molar-refractivity contribution in [1.82, 2.24) is 4.98 Å². The third-order valence-electron chi connectivity index (χ3n) is 4.27. The van der Waals surface area contributed by atoms with E-state index in [4.69, 9.17) is 0 Å². The predicted octanol–water partition coefficient (Wildman–Crippen LogP) is 8.00. The maximum Gasteiger partial charge on any atom is 0.573 e. The van der Waals surface area contributed by atoms with Crippen LogP contribution in [-0.4, -0.2) is 16.5 Å². The van der Waals surface area contributed by atoms with Crippen molar-refractivity contribution >= 4 is 32.9 Å². The van der Waals surface area contributed by atoms with Gasteiger partial charge in [-0.15, -0.1) is 29.6 Å². The topological polar surface area (TPSA) is 67.1 Å². The number of fused-ring (bicyclic) bond motifs is 1. The van der Waals surface area contributed by atoms with Crippen LogP contribution in [0, 0.1) is 0 Å². The number of phenols is 1. The Kier molecular flexibility index (Phi) is 5.70. The number of azo groups is 1. The van der Waals surface area contributed by atoms with Crippen molar-refractivity contribution in [2.75, 3.05) is 0 Å². The first-order chi connectivity index (χ1) is 15.5. The highest BCUT2D eigenvalue weighted by atomic mass is 32.1.